The average molecular weight is 377 g/mol. The summed E-state index contributed by atoms with van der Waals surface area (Å²) in [6.07, 6.45) is -0.0936. The fourth-order valence-electron chi connectivity index (χ4n) is 2.32. The molecule has 1 aromatic rings. The molecule has 3 N–H and O–H groups in total. The zero-order valence-electron chi connectivity index (χ0n) is 11.7. The summed E-state index contributed by atoms with van der Waals surface area (Å²) >= 11 is 3.23. The lowest BCUT2D eigenvalue weighted by Gasteiger charge is -2.17. The van der Waals surface area contributed by atoms with Gasteiger partial charge in [0.05, 0.1) is 17.4 Å². The fourth-order valence-corrected chi connectivity index (χ4v) is 4.67. The van der Waals surface area contributed by atoms with E-state index in [1.807, 2.05) is 0 Å². The summed E-state index contributed by atoms with van der Waals surface area (Å²) in [6.45, 7) is 3.30. The van der Waals surface area contributed by atoms with Gasteiger partial charge in [-0.05, 0) is 53.9 Å². The molecule has 2 rings (SSSR count). The normalized spacial score (nSPS) is 17.2. The van der Waals surface area contributed by atoms with Crippen molar-refractivity contribution in [1.82, 2.24) is 4.72 Å². The largest absolute Gasteiger partial charge is 0.393 e. The van der Waals surface area contributed by atoms with Crippen molar-refractivity contribution >= 4 is 37.5 Å². The van der Waals surface area contributed by atoms with E-state index in [0.29, 0.717) is 22.1 Å². The number of rotatable bonds is 5. The Balaban J connectivity index is 2.29. The third-order valence-electron chi connectivity index (χ3n) is 3.12. The van der Waals surface area contributed by atoms with Crippen molar-refractivity contribution in [2.24, 2.45) is 0 Å². The van der Waals surface area contributed by atoms with Gasteiger partial charge in [-0.15, -0.1) is 0 Å². The summed E-state index contributed by atoms with van der Waals surface area (Å²) in [5.41, 5.74) is 1.29. The zero-order valence-corrected chi connectivity index (χ0v) is 14.1. The lowest BCUT2D eigenvalue weighted by molar-refractivity contribution is -0.115. The van der Waals surface area contributed by atoms with E-state index in [-0.39, 0.29) is 17.2 Å². The quantitative estimate of drug-likeness (QED) is 0.723. The average Bonchev–Trinajstić information content (AvgIpc) is 2.64. The van der Waals surface area contributed by atoms with Crippen molar-refractivity contribution in [2.45, 2.75) is 43.7 Å². The van der Waals surface area contributed by atoms with Gasteiger partial charge in [0.2, 0.25) is 15.9 Å². The number of carbonyl (C=O) groups is 1. The van der Waals surface area contributed by atoms with Crippen molar-refractivity contribution in [3.63, 3.8) is 0 Å². The topological polar surface area (TPSA) is 95.5 Å². The van der Waals surface area contributed by atoms with E-state index < -0.39 is 22.2 Å². The van der Waals surface area contributed by atoms with Gasteiger partial charge in [-0.2, -0.15) is 0 Å². The smallest absolute Gasteiger partial charge is 0.241 e. The molecule has 0 saturated carbocycles. The minimum Gasteiger partial charge on any atom is -0.393 e. The number of aliphatic hydroxyl groups is 1. The van der Waals surface area contributed by atoms with E-state index >= 15 is 0 Å². The maximum absolute atomic E-state index is 12.4. The van der Waals surface area contributed by atoms with Gasteiger partial charge < -0.3 is 10.4 Å². The van der Waals surface area contributed by atoms with Crippen molar-refractivity contribution in [3.8, 4) is 0 Å². The number of fused-ring (bicyclic) bond motifs is 1. The van der Waals surface area contributed by atoms with Gasteiger partial charge in [0.1, 0.15) is 0 Å². The van der Waals surface area contributed by atoms with Gasteiger partial charge >= 0.3 is 0 Å². The van der Waals surface area contributed by atoms with Gasteiger partial charge in [0.25, 0.3) is 0 Å². The Morgan fingerprint density at radius 2 is 2.10 bits per heavy atom. The van der Waals surface area contributed by atoms with E-state index in [9.17, 15) is 18.3 Å². The molecule has 0 radical (unpaired) electrons. The molecule has 1 aliphatic heterocycles. The molecule has 0 fully saturated rings. The molecule has 0 saturated heterocycles. The maximum Gasteiger partial charge on any atom is 0.241 e. The summed E-state index contributed by atoms with van der Waals surface area (Å²) in [6, 6.07) is 2.69. The number of sulfonamides is 1. The number of carbonyl (C=O) groups excluding carboxylic acids is 1. The summed E-state index contributed by atoms with van der Waals surface area (Å²) in [7, 11) is -3.72. The molecule has 2 unspecified atom stereocenters. The van der Waals surface area contributed by atoms with Crippen LogP contribution in [0.2, 0.25) is 0 Å². The highest BCUT2D eigenvalue weighted by Gasteiger charge is 2.26. The summed E-state index contributed by atoms with van der Waals surface area (Å²) in [5, 5.41) is 12.0. The highest BCUT2D eigenvalue weighted by molar-refractivity contribution is 9.10. The summed E-state index contributed by atoms with van der Waals surface area (Å²) in [4.78, 5) is 11.4. The molecule has 1 aliphatic rings. The Hall–Kier alpha value is -0.960. The number of benzene rings is 1. The van der Waals surface area contributed by atoms with Gasteiger partial charge in [-0.25, -0.2) is 13.1 Å². The fraction of sp³-hybridized carbons (Fsp3) is 0.462. The Morgan fingerprint density at radius 3 is 2.71 bits per heavy atom. The second-order valence-corrected chi connectivity index (χ2v) is 7.81. The van der Waals surface area contributed by atoms with E-state index in [1.54, 1.807) is 19.9 Å². The molecular formula is C13H17BrN2O4S. The molecule has 1 amide bonds. The number of anilines is 1. The van der Waals surface area contributed by atoms with Crippen LogP contribution in [0.5, 0.6) is 0 Å². The van der Waals surface area contributed by atoms with Crippen LogP contribution in [0.1, 0.15) is 25.8 Å². The standard InChI is InChI=1S/C13H17BrN2O4S/c1-7(3-8(2)17)16-21(19,20)12-4-9-5-13(18)15-11(9)6-10(12)14/h4,6-8,16-17H,3,5H2,1-2H3,(H,15,18). The first kappa shape index (κ1) is 16.4. The number of nitrogens with one attached hydrogen (secondary N) is 2. The van der Waals surface area contributed by atoms with E-state index in [0.717, 1.165) is 0 Å². The Labute approximate surface area is 132 Å². The van der Waals surface area contributed by atoms with Crippen LogP contribution in [0.25, 0.3) is 0 Å². The number of halogens is 1. The van der Waals surface area contributed by atoms with Crippen LogP contribution < -0.4 is 10.0 Å². The molecule has 6 nitrogen and oxygen atoms in total. The second kappa shape index (κ2) is 6.04. The molecule has 2 atom stereocenters. The van der Waals surface area contributed by atoms with Crippen molar-refractivity contribution in [3.05, 3.63) is 22.2 Å². The van der Waals surface area contributed by atoms with Crippen molar-refractivity contribution < 1.29 is 18.3 Å². The molecule has 8 heteroatoms. The molecule has 0 aliphatic carbocycles. The molecule has 1 heterocycles. The zero-order chi connectivity index (χ0) is 15.8. The van der Waals surface area contributed by atoms with E-state index in [4.69, 9.17) is 0 Å². The first-order valence-electron chi connectivity index (χ1n) is 6.51. The minimum absolute atomic E-state index is 0.0928. The number of aliphatic hydroxyl groups excluding tert-OH is 1. The molecule has 0 bridgehead atoms. The summed E-state index contributed by atoms with van der Waals surface area (Å²) in [5.74, 6) is -0.151. The van der Waals surface area contributed by atoms with Crippen LogP contribution in [0.4, 0.5) is 5.69 Å². The third kappa shape index (κ3) is 3.82. The number of amides is 1. The van der Waals surface area contributed by atoms with Crippen LogP contribution in [-0.4, -0.2) is 31.6 Å². The monoisotopic (exact) mass is 376 g/mol. The third-order valence-corrected chi connectivity index (χ3v) is 5.67. The molecule has 116 valence electrons. The van der Waals surface area contributed by atoms with Gasteiger partial charge in [0, 0.05) is 16.2 Å². The SMILES string of the molecule is CC(O)CC(C)NS(=O)(=O)c1cc2c(cc1Br)NC(=O)C2. The van der Waals surface area contributed by atoms with Crippen LogP contribution in [-0.2, 0) is 21.2 Å². The predicted molar refractivity (Wildman–Crippen MR) is 82.6 cm³/mol. The van der Waals surface area contributed by atoms with Crippen LogP contribution >= 0.6 is 15.9 Å². The Morgan fingerprint density at radius 1 is 1.43 bits per heavy atom. The number of hydrogen-bond acceptors (Lipinski definition) is 4. The lowest BCUT2D eigenvalue weighted by Crippen LogP contribution is -2.34. The highest BCUT2D eigenvalue weighted by atomic mass is 79.9. The van der Waals surface area contributed by atoms with Crippen molar-refractivity contribution in [2.75, 3.05) is 5.32 Å². The molecule has 1 aromatic carbocycles. The lowest BCUT2D eigenvalue weighted by atomic mass is 10.2. The van der Waals surface area contributed by atoms with Gasteiger partial charge in [-0.1, -0.05) is 0 Å². The number of hydrogen-bond donors (Lipinski definition) is 3. The Kier molecular flexibility index (Phi) is 4.72. The Bertz CT molecular complexity index is 673. The first-order chi connectivity index (χ1) is 9.69. The van der Waals surface area contributed by atoms with Crippen LogP contribution in [0, 0.1) is 0 Å². The van der Waals surface area contributed by atoms with Gasteiger partial charge in [-0.3, -0.25) is 4.79 Å². The van der Waals surface area contributed by atoms with E-state index in [2.05, 4.69) is 26.0 Å². The minimum atomic E-state index is -3.72. The maximum atomic E-state index is 12.4. The van der Waals surface area contributed by atoms with E-state index in [1.165, 1.54) is 6.07 Å². The van der Waals surface area contributed by atoms with Gasteiger partial charge in [0.15, 0.2) is 0 Å². The molecule has 21 heavy (non-hydrogen) atoms. The van der Waals surface area contributed by atoms with Crippen molar-refractivity contribution in [1.29, 1.82) is 0 Å². The van der Waals surface area contributed by atoms with Crippen LogP contribution in [0.3, 0.4) is 0 Å². The predicted octanol–water partition coefficient (Wildman–Crippen LogP) is 1.38. The summed E-state index contributed by atoms with van der Waals surface area (Å²) < 4.78 is 27.7. The first-order valence-corrected chi connectivity index (χ1v) is 8.79. The second-order valence-electron chi connectivity index (χ2n) is 5.27. The molecule has 0 spiro atoms. The van der Waals surface area contributed by atoms with Crippen LogP contribution in [0.15, 0.2) is 21.5 Å². The molecular weight excluding hydrogens is 360 g/mol. The molecule has 0 aromatic heterocycles. The highest BCUT2D eigenvalue weighted by Crippen LogP contribution is 2.32.